The first-order chi connectivity index (χ1) is 6.20. The summed E-state index contributed by atoms with van der Waals surface area (Å²) >= 11 is 0. The Labute approximate surface area is 72.8 Å². The van der Waals surface area contributed by atoms with Crippen molar-refractivity contribution >= 4 is 17.3 Å². The molecule has 1 aliphatic carbocycles. The molecule has 0 saturated carbocycles. The summed E-state index contributed by atoms with van der Waals surface area (Å²) in [5.74, 6) is -1.73. The molecule has 1 aliphatic rings. The number of carbonyl (C=O) groups is 2. The minimum Gasteiger partial charge on any atom is -0.506 e. The van der Waals surface area contributed by atoms with Gasteiger partial charge in [0.1, 0.15) is 17.8 Å². The molecule has 5 heteroatoms. The van der Waals surface area contributed by atoms with Crippen molar-refractivity contribution in [3.63, 3.8) is 0 Å². The van der Waals surface area contributed by atoms with Gasteiger partial charge in [-0.2, -0.15) is 0 Å². The zero-order chi connectivity index (χ0) is 9.42. The molecule has 0 spiro atoms. The molecule has 5 nitrogen and oxygen atoms in total. The van der Waals surface area contributed by atoms with Gasteiger partial charge >= 0.3 is 0 Å². The van der Waals surface area contributed by atoms with Crippen LogP contribution >= 0.6 is 0 Å². The Morgan fingerprint density at radius 2 is 2.08 bits per heavy atom. The average Bonchev–Trinajstić information content (AvgIpc) is 2.15. The highest BCUT2D eigenvalue weighted by Crippen LogP contribution is 2.18. The largest absolute Gasteiger partial charge is 0.506 e. The zero-order valence-electron chi connectivity index (χ0n) is 6.39. The minimum absolute atomic E-state index is 0.0486. The van der Waals surface area contributed by atoms with Crippen LogP contribution in [0.5, 0.6) is 0 Å². The molecule has 64 valence electrons. The Bertz CT molecular complexity index is 437. The predicted octanol–water partition coefficient (Wildman–Crippen LogP) is 0.141. The molecule has 0 amide bonds. The van der Waals surface area contributed by atoms with E-state index in [4.69, 9.17) is 0 Å². The summed E-state index contributed by atoms with van der Waals surface area (Å²) in [6.07, 6.45) is 3.27. The van der Waals surface area contributed by atoms with Crippen LogP contribution in [-0.4, -0.2) is 26.6 Å². The quantitative estimate of drug-likeness (QED) is 0.568. The normalized spacial score (nSPS) is 15.2. The second-order valence-electron chi connectivity index (χ2n) is 2.51. The topological polar surface area (TPSA) is 80.2 Å². The van der Waals surface area contributed by atoms with Crippen molar-refractivity contribution in [2.45, 2.75) is 0 Å². The fourth-order valence-electron chi connectivity index (χ4n) is 1.09. The molecule has 0 atom stereocenters. The SMILES string of the molecule is O=C1C=C(O)c2ncncc2C1=O. The molecule has 1 aromatic heterocycles. The van der Waals surface area contributed by atoms with E-state index in [0.29, 0.717) is 0 Å². The highest BCUT2D eigenvalue weighted by atomic mass is 16.3. The van der Waals surface area contributed by atoms with E-state index < -0.39 is 11.6 Å². The van der Waals surface area contributed by atoms with E-state index in [0.717, 1.165) is 6.08 Å². The number of rotatable bonds is 0. The smallest absolute Gasteiger partial charge is 0.236 e. The number of carbonyl (C=O) groups excluding carboxylic acids is 2. The van der Waals surface area contributed by atoms with Crippen molar-refractivity contribution in [2.24, 2.45) is 0 Å². The van der Waals surface area contributed by atoms with Gasteiger partial charge in [-0.25, -0.2) is 9.97 Å². The first-order valence-corrected chi connectivity index (χ1v) is 3.50. The molecule has 0 radical (unpaired) electrons. The Morgan fingerprint density at radius 3 is 2.85 bits per heavy atom. The van der Waals surface area contributed by atoms with Crippen LogP contribution in [0.2, 0.25) is 0 Å². The summed E-state index contributed by atoms with van der Waals surface area (Å²) in [6, 6.07) is 0. The number of Topliss-reactive ketones (excluding diaryl/α,β-unsaturated/α-hetero) is 1. The van der Waals surface area contributed by atoms with Gasteiger partial charge in [0.25, 0.3) is 0 Å². The van der Waals surface area contributed by atoms with Crippen LogP contribution in [0.4, 0.5) is 0 Å². The van der Waals surface area contributed by atoms with Gasteiger partial charge in [-0.3, -0.25) is 9.59 Å². The van der Waals surface area contributed by atoms with E-state index in [9.17, 15) is 14.7 Å². The highest BCUT2D eigenvalue weighted by molar-refractivity contribution is 6.50. The summed E-state index contributed by atoms with van der Waals surface area (Å²) in [4.78, 5) is 29.4. The van der Waals surface area contributed by atoms with E-state index >= 15 is 0 Å². The molecule has 0 aromatic carbocycles. The molecule has 2 rings (SSSR count). The molecular formula is C8H4N2O3. The number of aliphatic hydroxyl groups excluding tert-OH is 1. The number of hydrogen-bond donors (Lipinski definition) is 1. The van der Waals surface area contributed by atoms with Crippen LogP contribution in [0.15, 0.2) is 18.6 Å². The molecule has 0 unspecified atom stereocenters. The van der Waals surface area contributed by atoms with Gasteiger partial charge < -0.3 is 5.11 Å². The maximum Gasteiger partial charge on any atom is 0.236 e. The monoisotopic (exact) mass is 176 g/mol. The lowest BCUT2D eigenvalue weighted by Gasteiger charge is -2.08. The lowest BCUT2D eigenvalue weighted by atomic mass is 10.0. The van der Waals surface area contributed by atoms with Crippen LogP contribution in [0, 0.1) is 0 Å². The maximum atomic E-state index is 11.2. The molecule has 1 N–H and O–H groups in total. The molecule has 13 heavy (non-hydrogen) atoms. The summed E-state index contributed by atoms with van der Waals surface area (Å²) < 4.78 is 0. The fourth-order valence-corrected chi connectivity index (χ4v) is 1.09. The number of aliphatic hydroxyl groups is 1. The summed E-state index contributed by atoms with van der Waals surface area (Å²) in [5.41, 5.74) is 0.159. The van der Waals surface area contributed by atoms with Gasteiger partial charge in [0.15, 0.2) is 0 Å². The standard InChI is InChI=1S/C8H4N2O3/c11-5-1-6(12)8(13)4-2-9-3-10-7(4)5/h1-3,11H. The molecule has 0 saturated heterocycles. The van der Waals surface area contributed by atoms with Crippen molar-refractivity contribution in [2.75, 3.05) is 0 Å². The summed E-state index contributed by atoms with van der Waals surface area (Å²) in [6.45, 7) is 0. The van der Waals surface area contributed by atoms with E-state index in [1.54, 1.807) is 0 Å². The third kappa shape index (κ3) is 1.01. The van der Waals surface area contributed by atoms with Crippen molar-refractivity contribution < 1.29 is 14.7 Å². The lowest BCUT2D eigenvalue weighted by Crippen LogP contribution is -2.19. The summed E-state index contributed by atoms with van der Waals surface area (Å²) in [7, 11) is 0. The molecule has 0 aliphatic heterocycles. The lowest BCUT2D eigenvalue weighted by molar-refractivity contribution is -0.111. The maximum absolute atomic E-state index is 11.2. The Balaban J connectivity index is 2.72. The number of ketones is 2. The third-order valence-electron chi connectivity index (χ3n) is 1.69. The number of nitrogens with zero attached hydrogens (tertiary/aromatic N) is 2. The number of allylic oxidation sites excluding steroid dienone is 1. The van der Waals surface area contributed by atoms with Gasteiger partial charge in [-0.05, 0) is 0 Å². The van der Waals surface area contributed by atoms with Crippen LogP contribution in [0.25, 0.3) is 5.76 Å². The second kappa shape index (κ2) is 2.48. The first-order valence-electron chi connectivity index (χ1n) is 3.50. The van der Waals surface area contributed by atoms with Crippen LogP contribution < -0.4 is 0 Å². The minimum atomic E-state index is -0.750. The Hall–Kier alpha value is -2.04. The second-order valence-corrected chi connectivity index (χ2v) is 2.51. The Morgan fingerprint density at radius 1 is 1.31 bits per heavy atom. The molecule has 0 bridgehead atoms. The van der Waals surface area contributed by atoms with Crippen LogP contribution in [0.3, 0.4) is 0 Å². The molecule has 0 fully saturated rings. The number of fused-ring (bicyclic) bond motifs is 1. The first kappa shape index (κ1) is 7.60. The van der Waals surface area contributed by atoms with Crippen molar-refractivity contribution in [3.8, 4) is 0 Å². The van der Waals surface area contributed by atoms with Crippen molar-refractivity contribution in [1.29, 1.82) is 0 Å². The van der Waals surface area contributed by atoms with E-state index in [1.165, 1.54) is 12.5 Å². The number of aromatic nitrogens is 2. The van der Waals surface area contributed by atoms with Crippen molar-refractivity contribution in [3.05, 3.63) is 29.9 Å². The average molecular weight is 176 g/mol. The van der Waals surface area contributed by atoms with E-state index in [1.807, 2.05) is 0 Å². The predicted molar refractivity (Wildman–Crippen MR) is 42.0 cm³/mol. The Kier molecular flexibility index (Phi) is 1.45. The van der Waals surface area contributed by atoms with E-state index in [2.05, 4.69) is 9.97 Å². The fraction of sp³-hybridized carbons (Fsp3) is 0. The molecule has 1 aromatic rings. The summed E-state index contributed by atoms with van der Waals surface area (Å²) in [5, 5.41) is 9.25. The highest BCUT2D eigenvalue weighted by Gasteiger charge is 2.26. The molecule has 1 heterocycles. The van der Waals surface area contributed by atoms with Gasteiger partial charge in [0.05, 0.1) is 5.56 Å². The third-order valence-corrected chi connectivity index (χ3v) is 1.69. The van der Waals surface area contributed by atoms with Crippen LogP contribution in [-0.2, 0) is 4.79 Å². The van der Waals surface area contributed by atoms with Gasteiger partial charge in [0, 0.05) is 12.3 Å². The number of hydrogen-bond acceptors (Lipinski definition) is 5. The van der Waals surface area contributed by atoms with Gasteiger partial charge in [-0.15, -0.1) is 0 Å². The van der Waals surface area contributed by atoms with Gasteiger partial charge in [-0.1, -0.05) is 0 Å². The van der Waals surface area contributed by atoms with Gasteiger partial charge in [0.2, 0.25) is 11.6 Å². The van der Waals surface area contributed by atoms with Crippen molar-refractivity contribution in [1.82, 2.24) is 9.97 Å². The molecular weight excluding hydrogens is 172 g/mol. The van der Waals surface area contributed by atoms with Crippen LogP contribution in [0.1, 0.15) is 16.1 Å². The zero-order valence-corrected chi connectivity index (χ0v) is 6.39. The van der Waals surface area contributed by atoms with E-state index in [-0.39, 0.29) is 17.0 Å².